The summed E-state index contributed by atoms with van der Waals surface area (Å²) in [5, 5.41) is 25.4. The Morgan fingerprint density at radius 2 is 1.36 bits per heavy atom. The van der Waals surface area contributed by atoms with Crippen LogP contribution in [0.4, 0.5) is 5.82 Å². The molecule has 2 aromatic heterocycles. The van der Waals surface area contributed by atoms with E-state index in [0.717, 1.165) is 38.0 Å². The van der Waals surface area contributed by atoms with E-state index in [9.17, 15) is 91.4 Å². The van der Waals surface area contributed by atoms with E-state index in [1.54, 1.807) is 0 Å². The van der Waals surface area contributed by atoms with Crippen molar-refractivity contribution in [2.75, 3.05) is 37.8 Å². The van der Waals surface area contributed by atoms with Gasteiger partial charge in [-0.3, -0.25) is 61.6 Å². The number of imidazole rings is 1. The summed E-state index contributed by atoms with van der Waals surface area (Å²) in [7, 11) is -17.8. The topological polar surface area (TPSA) is 494 Å². The number of nitrogens with zero attached hydrogens (tertiary/aromatic N) is 4. The Labute approximate surface area is 411 Å². The van der Waals surface area contributed by atoms with Crippen molar-refractivity contribution in [3.05, 3.63) is 12.7 Å². The van der Waals surface area contributed by atoms with E-state index in [4.69, 9.17) is 10.5 Å². The van der Waals surface area contributed by atoms with Gasteiger partial charge in [-0.1, -0.05) is 25.6 Å². The number of phosphoric ester groups is 3. The van der Waals surface area contributed by atoms with Crippen LogP contribution in [0.5, 0.6) is 0 Å². The number of Topliss-reactive ketones (excluding diaryl/α,β-unsaturated/α-hetero) is 7. The third-order valence-electron chi connectivity index (χ3n) is 9.50. The molecule has 2 unspecified atom stereocenters. The standard InChI is InChI=1S/C37H52N7O24P3S/c1-19(45)8-20(46)9-21(47)10-22(48)11-23(49)12-24(50)13-25(51)14-28(53)72-7-6-39-27(52)4-5-40-35(56)32(55)37(2,3)16-65-71(62,63)68-70(60,61)64-15-26-31(67-69(57,58)59)30(54)36(66-26)44-18-43-29-33(38)41-17-42-34(29)44/h17-18,26,30-32,36,54-55H,4-16H2,1-3H3,(H,39,52)(H,40,56)(H,60,61)(H,62,63)(H2,38,41,42)(H2,57,58,59)/p-4/t26-,30-,31-,32-,36-/m1/s1. The highest BCUT2D eigenvalue weighted by atomic mass is 32.2. The van der Waals surface area contributed by atoms with Gasteiger partial charge in [-0.25, -0.2) is 19.3 Å². The van der Waals surface area contributed by atoms with E-state index >= 15 is 0 Å². The normalized spacial score (nSPS) is 19.1. The number of ether oxygens (including phenoxy) is 1. The Balaban J connectivity index is 1.35. The van der Waals surface area contributed by atoms with Crippen LogP contribution >= 0.6 is 35.2 Å². The van der Waals surface area contributed by atoms with Crippen molar-refractivity contribution in [2.45, 2.75) is 103 Å². The molecule has 1 saturated heterocycles. The van der Waals surface area contributed by atoms with Crippen LogP contribution in [-0.4, -0.2) is 144 Å². The number of fused-ring (bicyclic) bond motifs is 1. The van der Waals surface area contributed by atoms with Crippen LogP contribution in [0.15, 0.2) is 12.7 Å². The molecule has 0 radical (unpaired) electrons. The van der Waals surface area contributed by atoms with Gasteiger partial charge in [-0.15, -0.1) is 0 Å². The van der Waals surface area contributed by atoms with Gasteiger partial charge in [0, 0.05) is 30.7 Å². The minimum absolute atomic E-state index is 0.0112. The van der Waals surface area contributed by atoms with Gasteiger partial charge in [0.2, 0.25) is 11.8 Å². The number of thioether (sulfide) groups is 1. The maximum atomic E-state index is 12.6. The van der Waals surface area contributed by atoms with Crippen molar-refractivity contribution in [3.63, 3.8) is 0 Å². The van der Waals surface area contributed by atoms with E-state index in [2.05, 4.69) is 43.5 Å². The molecule has 400 valence electrons. The average Bonchev–Trinajstić information content (AvgIpc) is 3.79. The smallest absolute Gasteiger partial charge is 0.274 e. The predicted molar refractivity (Wildman–Crippen MR) is 231 cm³/mol. The average molecular weight is 1100 g/mol. The van der Waals surface area contributed by atoms with Crippen molar-refractivity contribution in [1.82, 2.24) is 30.2 Å². The van der Waals surface area contributed by atoms with Crippen LogP contribution in [0.2, 0.25) is 0 Å². The first-order valence-corrected chi connectivity index (χ1v) is 26.2. The number of carbonyl (C=O) groups excluding carboxylic acids is 10. The molecule has 2 aromatic rings. The Hall–Kier alpha value is -4.75. The summed E-state index contributed by atoms with van der Waals surface area (Å²) in [4.78, 5) is 179. The van der Waals surface area contributed by atoms with Crippen LogP contribution in [0, 0.1) is 5.41 Å². The highest BCUT2D eigenvalue weighted by Gasteiger charge is 2.47. The van der Waals surface area contributed by atoms with Gasteiger partial charge < -0.3 is 69.0 Å². The molecule has 31 nitrogen and oxygen atoms in total. The van der Waals surface area contributed by atoms with Crippen molar-refractivity contribution in [2.24, 2.45) is 5.41 Å². The van der Waals surface area contributed by atoms with Crippen LogP contribution in [0.25, 0.3) is 11.2 Å². The molecular formula is C37H48N7O24P3S-4. The number of aliphatic hydroxyl groups is 2. The summed E-state index contributed by atoms with van der Waals surface area (Å²) >= 11 is 0.631. The fraction of sp³-hybridized carbons (Fsp3) is 0.595. The van der Waals surface area contributed by atoms with Gasteiger partial charge in [-0.2, -0.15) is 0 Å². The second-order valence-corrected chi connectivity index (χ2v) is 21.6. The van der Waals surface area contributed by atoms with Gasteiger partial charge in [0.25, 0.3) is 15.6 Å². The quantitative estimate of drug-likeness (QED) is 0.0257. The van der Waals surface area contributed by atoms with Gasteiger partial charge in [0.15, 0.2) is 22.8 Å². The number of carbonyl (C=O) groups is 10. The zero-order valence-electron chi connectivity index (χ0n) is 38.2. The number of aromatic nitrogens is 4. The fourth-order valence-electron chi connectivity index (χ4n) is 6.24. The molecule has 3 heterocycles. The summed E-state index contributed by atoms with van der Waals surface area (Å²) in [5.74, 6) is -7.33. The van der Waals surface area contributed by atoms with E-state index in [1.165, 1.54) is 0 Å². The van der Waals surface area contributed by atoms with Crippen molar-refractivity contribution >= 4 is 110 Å². The van der Waals surface area contributed by atoms with E-state index in [-0.39, 0.29) is 42.2 Å². The lowest BCUT2D eigenvalue weighted by Gasteiger charge is -2.36. The molecule has 2 amide bonds. The number of nitrogen functional groups attached to an aromatic ring is 1. The largest absolute Gasteiger partial charge is 0.790 e. The summed E-state index contributed by atoms with van der Waals surface area (Å²) in [6.45, 7) is 0.524. The number of anilines is 1. The lowest BCUT2D eigenvalue weighted by molar-refractivity contribution is -0.347. The first kappa shape index (κ1) is 61.5. The van der Waals surface area contributed by atoms with Gasteiger partial charge in [0.1, 0.15) is 76.7 Å². The molecule has 1 aliphatic heterocycles. The Morgan fingerprint density at radius 1 is 0.819 bits per heavy atom. The Kier molecular flexibility index (Phi) is 23.1. The van der Waals surface area contributed by atoms with E-state index < -0.39 is 175 Å². The van der Waals surface area contributed by atoms with Gasteiger partial charge in [-0.05, 0) is 6.92 Å². The number of rotatable bonds is 33. The van der Waals surface area contributed by atoms with Crippen molar-refractivity contribution < 1.29 is 114 Å². The zero-order valence-corrected chi connectivity index (χ0v) is 41.7. The molecule has 7 atom stereocenters. The minimum atomic E-state index is -5.99. The first-order valence-electron chi connectivity index (χ1n) is 20.8. The number of hydrogen-bond acceptors (Lipinski definition) is 29. The molecule has 6 N–H and O–H groups in total. The second kappa shape index (κ2) is 27.0. The highest BCUT2D eigenvalue weighted by Crippen LogP contribution is 2.56. The van der Waals surface area contributed by atoms with Crippen molar-refractivity contribution in [1.29, 1.82) is 0 Å². The van der Waals surface area contributed by atoms with E-state index in [0.29, 0.717) is 11.8 Å². The summed E-state index contributed by atoms with van der Waals surface area (Å²) < 4.78 is 60.5. The summed E-state index contributed by atoms with van der Waals surface area (Å²) in [6.07, 6.45) is -13.1. The fourth-order valence-corrected chi connectivity index (χ4v) is 9.67. The minimum Gasteiger partial charge on any atom is -0.790 e. The maximum absolute atomic E-state index is 12.6. The first-order chi connectivity index (χ1) is 33.3. The lowest BCUT2D eigenvalue weighted by Crippen LogP contribution is -2.46. The number of hydrogen-bond donors (Lipinski definition) is 5. The predicted octanol–water partition coefficient (Wildman–Crippen LogP) is -4.13. The van der Waals surface area contributed by atoms with Gasteiger partial charge >= 0.3 is 0 Å². The Morgan fingerprint density at radius 3 is 1.92 bits per heavy atom. The molecule has 0 saturated carbocycles. The monoisotopic (exact) mass is 1100 g/mol. The second-order valence-electron chi connectivity index (χ2n) is 16.4. The number of nitrogens with two attached hydrogens (primary N) is 1. The van der Waals surface area contributed by atoms with E-state index in [1.807, 2.05) is 0 Å². The highest BCUT2D eigenvalue weighted by molar-refractivity contribution is 8.13. The number of ketones is 7. The number of nitrogens with one attached hydrogen (secondary N) is 2. The molecule has 0 aliphatic carbocycles. The third kappa shape index (κ3) is 21.0. The number of aliphatic hydroxyl groups excluding tert-OH is 2. The lowest BCUT2D eigenvalue weighted by atomic mass is 9.87. The molecule has 3 rings (SSSR count). The number of amides is 2. The third-order valence-corrected chi connectivity index (χ3v) is 13.4. The van der Waals surface area contributed by atoms with Crippen LogP contribution in [0.3, 0.4) is 0 Å². The molecular weight excluding hydrogens is 1050 g/mol. The van der Waals surface area contributed by atoms with Crippen LogP contribution in [-0.2, 0) is 84.3 Å². The molecule has 1 aliphatic rings. The molecule has 1 fully saturated rings. The summed E-state index contributed by atoms with van der Waals surface area (Å²) in [6, 6.07) is 0. The summed E-state index contributed by atoms with van der Waals surface area (Å²) in [5.41, 5.74) is 3.90. The zero-order chi connectivity index (χ0) is 54.4. The van der Waals surface area contributed by atoms with Crippen LogP contribution in [0.1, 0.15) is 78.4 Å². The molecule has 0 aromatic carbocycles. The van der Waals surface area contributed by atoms with Crippen molar-refractivity contribution in [3.8, 4) is 0 Å². The Bertz CT molecular complexity index is 2550. The molecule has 72 heavy (non-hydrogen) atoms. The molecule has 35 heteroatoms. The molecule has 0 bridgehead atoms. The molecule has 0 spiro atoms. The van der Waals surface area contributed by atoms with Gasteiger partial charge in [0.05, 0.1) is 72.3 Å². The van der Waals surface area contributed by atoms with Crippen LogP contribution < -0.4 is 35.9 Å². The maximum Gasteiger partial charge on any atom is 0.274 e. The SMILES string of the molecule is CC(=O)CC(=O)CC(=O)CC(=O)CC(=O)CC(=O)CC(=O)CC(=O)SCCNC(=O)CCNC(=O)[C@@H](O)C(C)(C)COP(=O)([O-])OP(=O)([O-])OC[C@H]1O[C@@H](n2cnc3c(N)ncnc32)[C@H](O)[C@@H]1OP(=O)([O-])[O-]. The number of phosphoric acid groups is 3.